The molecule has 1 amide bonds. The maximum Gasteiger partial charge on any atom is 0.237 e. The number of anilines is 2. The molecule has 3 rings (SSSR count). The van der Waals surface area contributed by atoms with E-state index in [9.17, 15) is 4.79 Å². The number of nitrogens with zero attached hydrogens (tertiary/aromatic N) is 2. The van der Waals surface area contributed by atoms with Crippen LogP contribution in [0.3, 0.4) is 0 Å². The summed E-state index contributed by atoms with van der Waals surface area (Å²) in [5, 5.41) is 7.67. The first-order valence-corrected chi connectivity index (χ1v) is 10.9. The van der Waals surface area contributed by atoms with E-state index in [0.717, 1.165) is 40.1 Å². The van der Waals surface area contributed by atoms with Gasteiger partial charge in [-0.25, -0.2) is 9.97 Å². The Balaban J connectivity index is 1.82. The third-order valence-electron chi connectivity index (χ3n) is 4.75. The molecule has 2 N–H and O–H groups in total. The van der Waals surface area contributed by atoms with E-state index in [-0.39, 0.29) is 11.2 Å². The smallest absolute Gasteiger partial charge is 0.237 e. The van der Waals surface area contributed by atoms with Gasteiger partial charge >= 0.3 is 0 Å². The molecule has 0 radical (unpaired) electrons. The maximum absolute atomic E-state index is 12.9. The highest BCUT2D eigenvalue weighted by Crippen LogP contribution is 2.30. The molecule has 0 spiro atoms. The topological polar surface area (TPSA) is 66.9 Å². The lowest BCUT2D eigenvalue weighted by Crippen LogP contribution is -2.24. The molecule has 0 bridgehead atoms. The SMILES string of the molecule is CCNc1nc(SC(C)C(=O)Nc2c(C)cccc2C(C)C)nc2ccccc12. The minimum absolute atomic E-state index is 0.0482. The summed E-state index contributed by atoms with van der Waals surface area (Å²) in [5.41, 5.74) is 3.99. The number of carbonyl (C=O) groups excluding carboxylic acids is 1. The summed E-state index contributed by atoms with van der Waals surface area (Å²) >= 11 is 1.37. The Morgan fingerprint density at radius 3 is 2.55 bits per heavy atom. The summed E-state index contributed by atoms with van der Waals surface area (Å²) in [6.45, 7) is 11.0. The van der Waals surface area contributed by atoms with Crippen LogP contribution in [0.1, 0.15) is 44.7 Å². The summed E-state index contributed by atoms with van der Waals surface area (Å²) in [6, 6.07) is 14.0. The van der Waals surface area contributed by atoms with Crippen molar-refractivity contribution in [2.45, 2.75) is 50.9 Å². The summed E-state index contributed by atoms with van der Waals surface area (Å²) in [4.78, 5) is 22.2. The third kappa shape index (κ3) is 4.88. The van der Waals surface area contributed by atoms with Gasteiger partial charge in [0.15, 0.2) is 5.16 Å². The molecule has 5 nitrogen and oxygen atoms in total. The van der Waals surface area contributed by atoms with E-state index in [1.807, 2.05) is 57.2 Å². The monoisotopic (exact) mass is 408 g/mol. The molecule has 0 saturated heterocycles. The van der Waals surface area contributed by atoms with E-state index in [2.05, 4.69) is 40.5 Å². The van der Waals surface area contributed by atoms with Gasteiger partial charge in [0.1, 0.15) is 5.82 Å². The molecular formula is C23H28N4OS. The van der Waals surface area contributed by atoms with Crippen molar-refractivity contribution in [1.29, 1.82) is 0 Å². The second-order valence-electron chi connectivity index (χ2n) is 7.35. The molecule has 0 aliphatic carbocycles. The van der Waals surface area contributed by atoms with Crippen LogP contribution in [0.2, 0.25) is 0 Å². The van der Waals surface area contributed by atoms with Gasteiger partial charge in [-0.15, -0.1) is 0 Å². The van der Waals surface area contributed by atoms with Crippen LogP contribution in [0.15, 0.2) is 47.6 Å². The number of carbonyl (C=O) groups is 1. The predicted octanol–water partition coefficient (Wildman–Crippen LogP) is 5.61. The van der Waals surface area contributed by atoms with Crippen LogP contribution in [0.25, 0.3) is 10.9 Å². The molecule has 0 aliphatic rings. The zero-order chi connectivity index (χ0) is 21.0. The Hall–Kier alpha value is -2.60. The summed E-state index contributed by atoms with van der Waals surface area (Å²) in [5.74, 6) is 1.09. The van der Waals surface area contributed by atoms with Crippen LogP contribution in [-0.2, 0) is 4.79 Å². The Bertz CT molecular complexity index is 1020. The van der Waals surface area contributed by atoms with Gasteiger partial charge in [-0.05, 0) is 49.9 Å². The average molecular weight is 409 g/mol. The lowest BCUT2D eigenvalue weighted by molar-refractivity contribution is -0.115. The molecule has 1 unspecified atom stereocenters. The molecule has 0 saturated carbocycles. The van der Waals surface area contributed by atoms with E-state index >= 15 is 0 Å². The molecule has 3 aromatic rings. The predicted molar refractivity (Wildman–Crippen MR) is 123 cm³/mol. The molecule has 2 aromatic carbocycles. The first kappa shape index (κ1) is 21.1. The van der Waals surface area contributed by atoms with Crippen LogP contribution in [0, 0.1) is 6.92 Å². The molecule has 152 valence electrons. The van der Waals surface area contributed by atoms with Crippen molar-refractivity contribution in [2.24, 2.45) is 0 Å². The Morgan fingerprint density at radius 1 is 1.07 bits per heavy atom. The molecule has 1 aromatic heterocycles. The number of hydrogen-bond acceptors (Lipinski definition) is 5. The fourth-order valence-corrected chi connectivity index (χ4v) is 3.97. The molecule has 1 heterocycles. The number of benzene rings is 2. The molecule has 29 heavy (non-hydrogen) atoms. The highest BCUT2D eigenvalue weighted by atomic mass is 32.2. The minimum atomic E-state index is -0.328. The van der Waals surface area contributed by atoms with Crippen LogP contribution < -0.4 is 10.6 Å². The van der Waals surface area contributed by atoms with E-state index in [4.69, 9.17) is 0 Å². The van der Waals surface area contributed by atoms with Gasteiger partial charge in [-0.1, -0.05) is 55.9 Å². The standard InChI is InChI=1S/C23H28N4OS/c1-6-24-21-18-11-7-8-13-19(18)25-23(27-21)29-16(5)22(28)26-20-15(4)10-9-12-17(20)14(2)3/h7-14,16H,6H2,1-5H3,(H,26,28)(H,24,25,27). The van der Waals surface area contributed by atoms with Gasteiger partial charge in [-0.2, -0.15) is 0 Å². The van der Waals surface area contributed by atoms with Gasteiger partial charge in [0, 0.05) is 17.6 Å². The lowest BCUT2D eigenvalue weighted by atomic mass is 9.98. The number of hydrogen-bond donors (Lipinski definition) is 2. The largest absolute Gasteiger partial charge is 0.370 e. The number of amides is 1. The van der Waals surface area contributed by atoms with E-state index in [1.165, 1.54) is 11.8 Å². The van der Waals surface area contributed by atoms with Crippen LogP contribution in [-0.4, -0.2) is 27.7 Å². The van der Waals surface area contributed by atoms with Gasteiger partial charge < -0.3 is 10.6 Å². The number of fused-ring (bicyclic) bond motifs is 1. The summed E-state index contributed by atoms with van der Waals surface area (Å²) in [6.07, 6.45) is 0. The molecule has 1 atom stereocenters. The second kappa shape index (κ2) is 9.27. The Labute approximate surface area is 176 Å². The van der Waals surface area contributed by atoms with Gasteiger partial charge in [0.2, 0.25) is 5.91 Å². The van der Waals surface area contributed by atoms with Crippen molar-refractivity contribution >= 4 is 40.1 Å². The van der Waals surface area contributed by atoms with Crippen LogP contribution >= 0.6 is 11.8 Å². The van der Waals surface area contributed by atoms with Crippen molar-refractivity contribution in [2.75, 3.05) is 17.2 Å². The van der Waals surface area contributed by atoms with E-state index in [1.54, 1.807) is 0 Å². The van der Waals surface area contributed by atoms with Gasteiger partial charge in [-0.3, -0.25) is 4.79 Å². The summed E-state index contributed by atoms with van der Waals surface area (Å²) < 4.78 is 0. The van der Waals surface area contributed by atoms with Gasteiger partial charge in [0.25, 0.3) is 0 Å². The number of nitrogens with one attached hydrogen (secondary N) is 2. The average Bonchev–Trinajstić information content (AvgIpc) is 2.69. The fourth-order valence-electron chi connectivity index (χ4n) is 3.19. The van der Waals surface area contributed by atoms with Gasteiger partial charge in [0.05, 0.1) is 10.8 Å². The number of aryl methyl sites for hydroxylation is 1. The molecular weight excluding hydrogens is 380 g/mol. The number of para-hydroxylation sites is 2. The fraction of sp³-hybridized carbons (Fsp3) is 0.348. The summed E-state index contributed by atoms with van der Waals surface area (Å²) in [7, 11) is 0. The van der Waals surface area contributed by atoms with Crippen molar-refractivity contribution in [3.63, 3.8) is 0 Å². The van der Waals surface area contributed by atoms with Crippen molar-refractivity contribution in [1.82, 2.24) is 9.97 Å². The zero-order valence-electron chi connectivity index (χ0n) is 17.6. The van der Waals surface area contributed by atoms with Crippen LogP contribution in [0.5, 0.6) is 0 Å². The van der Waals surface area contributed by atoms with Crippen molar-refractivity contribution in [3.8, 4) is 0 Å². The Kier molecular flexibility index (Phi) is 6.75. The van der Waals surface area contributed by atoms with Crippen molar-refractivity contribution in [3.05, 3.63) is 53.6 Å². The highest BCUT2D eigenvalue weighted by Gasteiger charge is 2.20. The second-order valence-corrected chi connectivity index (χ2v) is 8.65. The van der Waals surface area contributed by atoms with Crippen molar-refractivity contribution < 1.29 is 4.79 Å². The number of aromatic nitrogens is 2. The molecule has 0 fully saturated rings. The number of thioether (sulfide) groups is 1. The highest BCUT2D eigenvalue weighted by molar-refractivity contribution is 8.00. The first-order valence-electron chi connectivity index (χ1n) is 9.98. The molecule has 0 aliphatic heterocycles. The molecule has 6 heteroatoms. The van der Waals surface area contributed by atoms with Crippen LogP contribution in [0.4, 0.5) is 11.5 Å². The Morgan fingerprint density at radius 2 is 1.83 bits per heavy atom. The van der Waals surface area contributed by atoms with E-state index in [0.29, 0.717) is 11.1 Å². The quantitative estimate of drug-likeness (QED) is 0.393. The number of rotatable bonds is 7. The van der Waals surface area contributed by atoms with E-state index < -0.39 is 0 Å². The zero-order valence-corrected chi connectivity index (χ0v) is 18.4. The lowest BCUT2D eigenvalue weighted by Gasteiger charge is -2.18. The maximum atomic E-state index is 12.9. The third-order valence-corrected chi connectivity index (χ3v) is 5.71. The first-order chi connectivity index (χ1) is 13.9. The normalized spacial score (nSPS) is 12.2. The minimum Gasteiger partial charge on any atom is -0.370 e.